The molecular weight excluding hydrogens is 328 g/mol. The van der Waals surface area contributed by atoms with Crippen molar-refractivity contribution in [3.63, 3.8) is 0 Å². The van der Waals surface area contributed by atoms with E-state index in [0.29, 0.717) is 30.2 Å². The predicted octanol–water partition coefficient (Wildman–Crippen LogP) is 3.51. The summed E-state index contributed by atoms with van der Waals surface area (Å²) in [5.41, 5.74) is 2.99. The van der Waals surface area contributed by atoms with E-state index < -0.39 is 0 Å². The molecule has 0 fully saturated rings. The van der Waals surface area contributed by atoms with E-state index in [0.717, 1.165) is 5.56 Å². The van der Waals surface area contributed by atoms with Crippen LogP contribution in [0.5, 0.6) is 5.75 Å². The van der Waals surface area contributed by atoms with E-state index in [1.54, 1.807) is 7.05 Å². The summed E-state index contributed by atoms with van der Waals surface area (Å²) in [5, 5.41) is 5.40. The van der Waals surface area contributed by atoms with Gasteiger partial charge >= 0.3 is 0 Å². The molecule has 2 rings (SSSR count). The van der Waals surface area contributed by atoms with E-state index in [2.05, 4.69) is 24.5 Å². The fourth-order valence-corrected chi connectivity index (χ4v) is 2.43. The van der Waals surface area contributed by atoms with Crippen LogP contribution in [-0.4, -0.2) is 25.5 Å². The molecule has 0 atom stereocenters. The molecule has 2 N–H and O–H groups in total. The van der Waals surface area contributed by atoms with Crippen molar-refractivity contribution in [3.05, 3.63) is 59.7 Å². The normalized spacial score (nSPS) is 10.5. The zero-order valence-corrected chi connectivity index (χ0v) is 15.5. The van der Waals surface area contributed by atoms with E-state index >= 15 is 0 Å². The Labute approximate surface area is 154 Å². The third kappa shape index (κ3) is 6.24. The van der Waals surface area contributed by atoms with Crippen LogP contribution in [0.1, 0.15) is 37.3 Å². The Bertz CT molecular complexity index is 722. The molecule has 5 heteroatoms. The summed E-state index contributed by atoms with van der Waals surface area (Å²) in [6.45, 7) is 4.22. The smallest absolute Gasteiger partial charge is 0.262 e. The van der Waals surface area contributed by atoms with Crippen LogP contribution in [0.25, 0.3) is 0 Å². The van der Waals surface area contributed by atoms with Crippen LogP contribution < -0.4 is 15.4 Å². The molecule has 0 bridgehead atoms. The number of amides is 2. The fraction of sp³-hybridized carbons (Fsp3) is 0.333. The second-order valence-corrected chi connectivity index (χ2v) is 6.43. The first-order valence-electron chi connectivity index (χ1n) is 8.80. The average Bonchev–Trinajstić information content (AvgIpc) is 2.65. The molecule has 2 aromatic carbocycles. The van der Waals surface area contributed by atoms with Gasteiger partial charge in [-0.1, -0.05) is 38.1 Å². The molecule has 0 aliphatic heterocycles. The number of benzene rings is 2. The summed E-state index contributed by atoms with van der Waals surface area (Å²) in [4.78, 5) is 23.3. The summed E-state index contributed by atoms with van der Waals surface area (Å²) in [6.07, 6.45) is 1.12. The molecule has 0 aliphatic carbocycles. The summed E-state index contributed by atoms with van der Waals surface area (Å²) in [5.74, 6) is 0.942. The Morgan fingerprint density at radius 3 is 2.19 bits per heavy atom. The molecule has 5 nitrogen and oxygen atoms in total. The first-order valence-corrected chi connectivity index (χ1v) is 8.80. The van der Waals surface area contributed by atoms with Gasteiger partial charge in [0.15, 0.2) is 6.61 Å². The van der Waals surface area contributed by atoms with Gasteiger partial charge in [-0.2, -0.15) is 0 Å². The minimum atomic E-state index is -0.212. The largest absolute Gasteiger partial charge is 0.484 e. The Kier molecular flexibility index (Phi) is 7.21. The number of ether oxygens (including phenoxy) is 1. The number of anilines is 1. The van der Waals surface area contributed by atoms with Gasteiger partial charge in [0.25, 0.3) is 5.91 Å². The minimum Gasteiger partial charge on any atom is -0.484 e. The van der Waals surface area contributed by atoms with Crippen LogP contribution >= 0.6 is 0 Å². The lowest BCUT2D eigenvalue weighted by atomic mass is 10.0. The number of hydrogen-bond donors (Lipinski definition) is 2. The standard InChI is InChI=1S/C21H26N2O3/c1-15(2)17-7-11-19(12-8-17)26-14-21(25)23-18-9-4-16(5-10-18)6-13-20(24)22-3/h4-5,7-12,15H,6,13-14H2,1-3H3,(H,22,24)(H,23,25). The molecule has 0 saturated heterocycles. The highest BCUT2D eigenvalue weighted by Crippen LogP contribution is 2.18. The molecule has 0 radical (unpaired) electrons. The number of aryl methyl sites for hydroxylation is 1. The third-order valence-electron chi connectivity index (χ3n) is 4.07. The highest BCUT2D eigenvalue weighted by atomic mass is 16.5. The predicted molar refractivity (Wildman–Crippen MR) is 103 cm³/mol. The molecule has 0 aromatic heterocycles. The summed E-state index contributed by atoms with van der Waals surface area (Å²) < 4.78 is 5.52. The second-order valence-electron chi connectivity index (χ2n) is 6.43. The summed E-state index contributed by atoms with van der Waals surface area (Å²) >= 11 is 0. The fourth-order valence-electron chi connectivity index (χ4n) is 2.43. The van der Waals surface area contributed by atoms with Gasteiger partial charge in [0, 0.05) is 19.2 Å². The monoisotopic (exact) mass is 354 g/mol. The molecule has 0 heterocycles. The number of carbonyl (C=O) groups is 2. The molecule has 26 heavy (non-hydrogen) atoms. The van der Waals surface area contributed by atoms with Gasteiger partial charge in [0.1, 0.15) is 5.75 Å². The highest BCUT2D eigenvalue weighted by Gasteiger charge is 2.06. The second kappa shape index (κ2) is 9.61. The Morgan fingerprint density at radius 1 is 0.962 bits per heavy atom. The van der Waals surface area contributed by atoms with Gasteiger partial charge < -0.3 is 15.4 Å². The maximum atomic E-state index is 12.0. The molecule has 0 saturated carbocycles. The van der Waals surface area contributed by atoms with Crippen molar-refractivity contribution in [3.8, 4) is 5.75 Å². The van der Waals surface area contributed by atoms with Crippen LogP contribution in [0.15, 0.2) is 48.5 Å². The summed E-state index contributed by atoms with van der Waals surface area (Å²) in [6, 6.07) is 15.2. The zero-order chi connectivity index (χ0) is 18.9. The van der Waals surface area contributed by atoms with Gasteiger partial charge in [-0.3, -0.25) is 9.59 Å². The van der Waals surface area contributed by atoms with Crippen LogP contribution in [0.3, 0.4) is 0 Å². The van der Waals surface area contributed by atoms with Gasteiger partial charge in [-0.25, -0.2) is 0 Å². The highest BCUT2D eigenvalue weighted by molar-refractivity contribution is 5.91. The molecule has 138 valence electrons. The van der Waals surface area contributed by atoms with Crippen molar-refractivity contribution >= 4 is 17.5 Å². The molecule has 2 amide bonds. The lowest BCUT2D eigenvalue weighted by Crippen LogP contribution is -2.20. The van der Waals surface area contributed by atoms with E-state index in [4.69, 9.17) is 4.74 Å². The first-order chi connectivity index (χ1) is 12.5. The third-order valence-corrected chi connectivity index (χ3v) is 4.07. The minimum absolute atomic E-state index is 0.0148. The SMILES string of the molecule is CNC(=O)CCc1ccc(NC(=O)COc2ccc(C(C)C)cc2)cc1. The van der Waals surface area contributed by atoms with Crippen molar-refractivity contribution in [2.75, 3.05) is 19.0 Å². The van der Waals surface area contributed by atoms with E-state index in [-0.39, 0.29) is 18.4 Å². The van der Waals surface area contributed by atoms with Crippen LogP contribution in [-0.2, 0) is 16.0 Å². The first kappa shape index (κ1) is 19.5. The molecule has 0 unspecified atom stereocenters. The number of hydrogen-bond acceptors (Lipinski definition) is 3. The Hall–Kier alpha value is -2.82. The van der Waals surface area contributed by atoms with Gasteiger partial charge in [-0.05, 0) is 47.7 Å². The Balaban J connectivity index is 1.79. The number of nitrogens with one attached hydrogen (secondary N) is 2. The molecule has 0 aliphatic rings. The lowest BCUT2D eigenvalue weighted by molar-refractivity contribution is -0.120. The van der Waals surface area contributed by atoms with Crippen LogP contribution in [0.4, 0.5) is 5.69 Å². The van der Waals surface area contributed by atoms with E-state index in [1.807, 2.05) is 48.5 Å². The van der Waals surface area contributed by atoms with Crippen molar-refractivity contribution in [2.45, 2.75) is 32.6 Å². The molecule has 0 spiro atoms. The molecule has 2 aromatic rings. The number of carbonyl (C=O) groups excluding carboxylic acids is 2. The molecular formula is C21H26N2O3. The van der Waals surface area contributed by atoms with E-state index in [1.165, 1.54) is 5.56 Å². The van der Waals surface area contributed by atoms with Gasteiger partial charge in [-0.15, -0.1) is 0 Å². The topological polar surface area (TPSA) is 67.4 Å². The van der Waals surface area contributed by atoms with Crippen LogP contribution in [0.2, 0.25) is 0 Å². The Morgan fingerprint density at radius 2 is 1.62 bits per heavy atom. The van der Waals surface area contributed by atoms with Crippen molar-refractivity contribution < 1.29 is 14.3 Å². The van der Waals surface area contributed by atoms with Crippen molar-refractivity contribution in [1.82, 2.24) is 5.32 Å². The van der Waals surface area contributed by atoms with E-state index in [9.17, 15) is 9.59 Å². The quantitative estimate of drug-likeness (QED) is 0.762. The van der Waals surface area contributed by atoms with Crippen molar-refractivity contribution in [2.24, 2.45) is 0 Å². The average molecular weight is 354 g/mol. The lowest BCUT2D eigenvalue weighted by Gasteiger charge is -2.10. The maximum absolute atomic E-state index is 12.0. The number of rotatable bonds is 8. The maximum Gasteiger partial charge on any atom is 0.262 e. The van der Waals surface area contributed by atoms with Gasteiger partial charge in [0.2, 0.25) is 5.91 Å². The van der Waals surface area contributed by atoms with Gasteiger partial charge in [0.05, 0.1) is 0 Å². The van der Waals surface area contributed by atoms with Crippen LogP contribution in [0, 0.1) is 0 Å². The summed E-state index contributed by atoms with van der Waals surface area (Å²) in [7, 11) is 1.63. The zero-order valence-electron chi connectivity index (χ0n) is 15.5. The van der Waals surface area contributed by atoms with Crippen molar-refractivity contribution in [1.29, 1.82) is 0 Å².